The monoisotopic (exact) mass is 274 g/mol. The Balaban J connectivity index is 2.93. The molecule has 14 heavy (non-hydrogen) atoms. The van der Waals surface area contributed by atoms with Crippen LogP contribution in [0.4, 0.5) is 0 Å². The highest BCUT2D eigenvalue weighted by atomic mass is 79.9. The van der Waals surface area contributed by atoms with E-state index in [2.05, 4.69) is 22.5 Å². The summed E-state index contributed by atoms with van der Waals surface area (Å²) in [5.74, 6) is 0.00225. The SMILES string of the molecule is C=C(CBr)CS(=O)(=O)c1ccccc1. The molecule has 0 saturated carbocycles. The van der Waals surface area contributed by atoms with Gasteiger partial charge in [0, 0.05) is 5.33 Å². The minimum atomic E-state index is -3.20. The molecule has 0 unspecified atom stereocenters. The summed E-state index contributed by atoms with van der Waals surface area (Å²) in [5.41, 5.74) is 0.661. The molecular weight excluding hydrogens is 264 g/mol. The molecule has 4 heteroatoms. The topological polar surface area (TPSA) is 34.1 Å². The second kappa shape index (κ2) is 4.75. The first-order chi connectivity index (χ1) is 6.56. The zero-order valence-electron chi connectivity index (χ0n) is 7.61. The first kappa shape index (κ1) is 11.5. The van der Waals surface area contributed by atoms with Gasteiger partial charge in [-0.2, -0.15) is 0 Å². The molecule has 1 aromatic rings. The van der Waals surface area contributed by atoms with Crippen molar-refractivity contribution in [3.8, 4) is 0 Å². The van der Waals surface area contributed by atoms with Crippen molar-refractivity contribution in [2.24, 2.45) is 0 Å². The average molecular weight is 275 g/mol. The molecule has 1 rings (SSSR count). The smallest absolute Gasteiger partial charge is 0.182 e. The van der Waals surface area contributed by atoms with Crippen LogP contribution in [0.1, 0.15) is 0 Å². The number of benzene rings is 1. The first-order valence-corrected chi connectivity index (χ1v) is 6.84. The Hall–Kier alpha value is -0.610. The Morgan fingerprint density at radius 2 is 1.86 bits per heavy atom. The van der Waals surface area contributed by atoms with Crippen LogP contribution < -0.4 is 0 Å². The highest BCUT2D eigenvalue weighted by Gasteiger charge is 2.14. The lowest BCUT2D eigenvalue weighted by Crippen LogP contribution is -2.08. The lowest BCUT2D eigenvalue weighted by molar-refractivity contribution is 0.598. The van der Waals surface area contributed by atoms with Gasteiger partial charge in [-0.1, -0.05) is 46.3 Å². The Kier molecular flexibility index (Phi) is 3.89. The van der Waals surface area contributed by atoms with Crippen LogP contribution >= 0.6 is 15.9 Å². The molecule has 0 amide bonds. The normalized spacial score (nSPS) is 11.2. The molecule has 1 aromatic carbocycles. The van der Waals surface area contributed by atoms with Crippen molar-refractivity contribution in [2.75, 3.05) is 11.1 Å². The molecule has 0 aromatic heterocycles. The highest BCUT2D eigenvalue weighted by Crippen LogP contribution is 2.13. The molecule has 0 atom stereocenters. The lowest BCUT2D eigenvalue weighted by Gasteiger charge is -2.04. The van der Waals surface area contributed by atoms with Gasteiger partial charge < -0.3 is 0 Å². The predicted molar refractivity (Wildman–Crippen MR) is 61.4 cm³/mol. The number of halogens is 1. The van der Waals surface area contributed by atoms with Crippen LogP contribution in [0.5, 0.6) is 0 Å². The zero-order valence-corrected chi connectivity index (χ0v) is 10.0. The molecule has 0 fully saturated rings. The van der Waals surface area contributed by atoms with E-state index in [9.17, 15) is 8.42 Å². The second-order valence-corrected chi connectivity index (χ2v) is 5.51. The molecule has 0 N–H and O–H groups in total. The third-order valence-corrected chi connectivity index (χ3v) is 4.26. The third kappa shape index (κ3) is 2.96. The minimum Gasteiger partial charge on any atom is -0.223 e. The number of rotatable bonds is 4. The fourth-order valence-corrected chi connectivity index (χ4v) is 2.86. The van der Waals surface area contributed by atoms with E-state index in [0.29, 0.717) is 15.8 Å². The van der Waals surface area contributed by atoms with E-state index < -0.39 is 9.84 Å². The van der Waals surface area contributed by atoms with Crippen LogP contribution in [0.2, 0.25) is 0 Å². The van der Waals surface area contributed by atoms with Gasteiger partial charge in [-0.05, 0) is 12.1 Å². The number of sulfone groups is 1. The van der Waals surface area contributed by atoms with Gasteiger partial charge in [0.2, 0.25) is 0 Å². The summed E-state index contributed by atoms with van der Waals surface area (Å²) in [7, 11) is -3.20. The Morgan fingerprint density at radius 3 is 2.36 bits per heavy atom. The maximum Gasteiger partial charge on any atom is 0.182 e. The molecule has 0 spiro atoms. The van der Waals surface area contributed by atoms with E-state index in [1.165, 1.54) is 0 Å². The van der Waals surface area contributed by atoms with E-state index in [4.69, 9.17) is 0 Å². The number of hydrogen-bond donors (Lipinski definition) is 0. The fraction of sp³-hybridized carbons (Fsp3) is 0.200. The largest absolute Gasteiger partial charge is 0.223 e. The Labute approximate surface area is 92.7 Å². The predicted octanol–water partition coefficient (Wildman–Crippen LogP) is 2.41. The first-order valence-electron chi connectivity index (χ1n) is 4.06. The van der Waals surface area contributed by atoms with Gasteiger partial charge in [-0.15, -0.1) is 0 Å². The van der Waals surface area contributed by atoms with E-state index >= 15 is 0 Å². The molecule has 2 nitrogen and oxygen atoms in total. The van der Waals surface area contributed by atoms with Crippen molar-refractivity contribution < 1.29 is 8.42 Å². The lowest BCUT2D eigenvalue weighted by atomic mass is 10.4. The standard InChI is InChI=1S/C10H11BrO2S/c1-9(7-11)8-14(12,13)10-5-3-2-4-6-10/h2-6H,1,7-8H2. The van der Waals surface area contributed by atoms with Gasteiger partial charge in [-0.3, -0.25) is 0 Å². The summed E-state index contributed by atoms with van der Waals surface area (Å²) in [6.07, 6.45) is 0. The Morgan fingerprint density at radius 1 is 1.29 bits per heavy atom. The van der Waals surface area contributed by atoms with Gasteiger partial charge in [0.1, 0.15) is 0 Å². The van der Waals surface area contributed by atoms with E-state index in [-0.39, 0.29) is 5.75 Å². The molecular formula is C10H11BrO2S. The molecule has 0 bridgehead atoms. The summed E-state index contributed by atoms with van der Waals surface area (Å²) < 4.78 is 23.4. The van der Waals surface area contributed by atoms with E-state index in [1.807, 2.05) is 0 Å². The van der Waals surface area contributed by atoms with Crippen molar-refractivity contribution in [1.29, 1.82) is 0 Å². The number of hydrogen-bond acceptors (Lipinski definition) is 2. The highest BCUT2D eigenvalue weighted by molar-refractivity contribution is 9.09. The second-order valence-electron chi connectivity index (χ2n) is 2.96. The molecule has 0 aliphatic carbocycles. The Bertz CT molecular complexity index is 409. The molecule has 76 valence electrons. The van der Waals surface area contributed by atoms with Crippen molar-refractivity contribution in [3.63, 3.8) is 0 Å². The molecule has 0 radical (unpaired) electrons. The summed E-state index contributed by atoms with van der Waals surface area (Å²) in [4.78, 5) is 0.349. The third-order valence-electron chi connectivity index (χ3n) is 1.69. The van der Waals surface area contributed by atoms with Gasteiger partial charge in [0.25, 0.3) is 0 Å². The summed E-state index contributed by atoms with van der Waals surface area (Å²) in [6, 6.07) is 8.40. The van der Waals surface area contributed by atoms with Gasteiger partial charge in [0.15, 0.2) is 9.84 Å². The maximum atomic E-state index is 11.7. The van der Waals surface area contributed by atoms with Crippen molar-refractivity contribution in [1.82, 2.24) is 0 Å². The minimum absolute atomic E-state index is 0.00225. The van der Waals surface area contributed by atoms with E-state index in [1.54, 1.807) is 30.3 Å². The molecule has 0 heterocycles. The molecule has 0 aliphatic rings. The van der Waals surface area contributed by atoms with Crippen LogP contribution in [-0.4, -0.2) is 19.5 Å². The van der Waals surface area contributed by atoms with Crippen LogP contribution in [0.3, 0.4) is 0 Å². The fourth-order valence-electron chi connectivity index (χ4n) is 1.02. The van der Waals surface area contributed by atoms with Crippen LogP contribution in [0.15, 0.2) is 47.4 Å². The van der Waals surface area contributed by atoms with Crippen LogP contribution in [-0.2, 0) is 9.84 Å². The maximum absolute atomic E-state index is 11.7. The summed E-state index contributed by atoms with van der Waals surface area (Å²) in [5, 5.41) is 0.513. The zero-order chi connectivity index (χ0) is 10.6. The average Bonchev–Trinajstić information content (AvgIpc) is 2.18. The van der Waals surface area contributed by atoms with Crippen molar-refractivity contribution in [3.05, 3.63) is 42.5 Å². The quantitative estimate of drug-likeness (QED) is 0.624. The van der Waals surface area contributed by atoms with Gasteiger partial charge >= 0.3 is 0 Å². The number of alkyl halides is 1. The van der Waals surface area contributed by atoms with Gasteiger partial charge in [0.05, 0.1) is 10.6 Å². The van der Waals surface area contributed by atoms with Crippen molar-refractivity contribution >= 4 is 25.8 Å². The van der Waals surface area contributed by atoms with Crippen molar-refractivity contribution in [2.45, 2.75) is 4.90 Å². The molecule has 0 saturated heterocycles. The van der Waals surface area contributed by atoms with Crippen LogP contribution in [0.25, 0.3) is 0 Å². The van der Waals surface area contributed by atoms with Gasteiger partial charge in [-0.25, -0.2) is 8.42 Å². The summed E-state index contributed by atoms with van der Waals surface area (Å²) in [6.45, 7) is 3.66. The van der Waals surface area contributed by atoms with Crippen LogP contribution in [0, 0.1) is 0 Å². The van der Waals surface area contributed by atoms with E-state index in [0.717, 1.165) is 0 Å². The molecule has 0 aliphatic heterocycles. The summed E-state index contributed by atoms with van der Waals surface area (Å²) >= 11 is 3.18.